The zero-order chi connectivity index (χ0) is 17.8. The Hall–Kier alpha value is -2.35. The van der Waals surface area contributed by atoms with Gasteiger partial charge in [0.25, 0.3) is 0 Å². The normalized spacial score (nSPS) is 11.9. The van der Waals surface area contributed by atoms with Crippen LogP contribution in [0.25, 0.3) is 11.3 Å². The predicted molar refractivity (Wildman–Crippen MR) is 105 cm³/mol. The molecule has 0 spiro atoms. The van der Waals surface area contributed by atoms with Gasteiger partial charge in [-0.15, -0.1) is 0 Å². The van der Waals surface area contributed by atoms with Crippen LogP contribution in [-0.2, 0) is 6.54 Å². The van der Waals surface area contributed by atoms with Crippen LogP contribution in [0.1, 0.15) is 24.4 Å². The first kappa shape index (κ1) is 17.5. The molecule has 0 fully saturated rings. The average Bonchev–Trinajstić information content (AvgIpc) is 3.10. The highest BCUT2D eigenvalue weighted by atomic mass is 127. The Morgan fingerprint density at radius 2 is 1.88 bits per heavy atom. The molecule has 0 radical (unpaired) electrons. The van der Waals surface area contributed by atoms with Gasteiger partial charge in [0, 0.05) is 10.1 Å². The number of amides is 1. The molecule has 2 aromatic carbocycles. The Morgan fingerprint density at radius 1 is 1.20 bits per heavy atom. The Balaban J connectivity index is 1.81. The van der Waals surface area contributed by atoms with E-state index in [4.69, 9.17) is 0 Å². The summed E-state index contributed by atoms with van der Waals surface area (Å²) in [6.07, 6.45) is 0.778. The van der Waals surface area contributed by atoms with Crippen molar-refractivity contribution in [3.05, 3.63) is 75.8 Å². The highest BCUT2D eigenvalue weighted by Crippen LogP contribution is 2.24. The van der Waals surface area contributed by atoms with Crippen LogP contribution in [0.5, 0.6) is 0 Å². The van der Waals surface area contributed by atoms with E-state index < -0.39 is 6.09 Å². The lowest BCUT2D eigenvalue weighted by molar-refractivity contribution is 0.122. The van der Waals surface area contributed by atoms with Gasteiger partial charge in [0.2, 0.25) is 0 Å². The third-order valence-corrected chi connectivity index (χ3v) is 4.77. The van der Waals surface area contributed by atoms with Gasteiger partial charge < -0.3 is 10.1 Å². The van der Waals surface area contributed by atoms with E-state index in [1.54, 1.807) is 6.20 Å². The van der Waals surface area contributed by atoms with Crippen molar-refractivity contribution in [2.24, 2.45) is 0 Å². The van der Waals surface area contributed by atoms with Crippen molar-refractivity contribution in [2.75, 3.05) is 0 Å². The lowest BCUT2D eigenvalue weighted by Crippen LogP contribution is -2.32. The molecule has 1 aromatic heterocycles. The lowest BCUT2D eigenvalue weighted by Gasteiger charge is -2.25. The maximum Gasteiger partial charge on any atom is 0.408 e. The molecule has 1 amide bonds. The molecule has 1 heterocycles. The van der Waals surface area contributed by atoms with Gasteiger partial charge in [0.1, 0.15) is 5.82 Å². The summed E-state index contributed by atoms with van der Waals surface area (Å²) in [7, 11) is 0. The van der Waals surface area contributed by atoms with E-state index in [2.05, 4.69) is 32.6 Å². The summed E-state index contributed by atoms with van der Waals surface area (Å²) >= 11 is 2.26. The number of hydrogen-bond acceptors (Lipinski definition) is 2. The standard InChI is InChI=1S/C19H18IN3O2/c1-13(23(19(24)25)12-14-5-3-2-4-6-14)18-21-11-17(22-18)15-7-9-16(20)10-8-15/h2-11,13H,12H2,1H3,(H,21,22)(H,24,25)/t13-/m1/s1. The minimum Gasteiger partial charge on any atom is -0.465 e. The van der Waals surface area contributed by atoms with Gasteiger partial charge in [0.15, 0.2) is 0 Å². The fourth-order valence-electron chi connectivity index (χ4n) is 2.62. The molecule has 1 atom stereocenters. The Labute approximate surface area is 159 Å². The smallest absolute Gasteiger partial charge is 0.408 e. The molecule has 128 valence electrons. The molecule has 6 heteroatoms. The van der Waals surface area contributed by atoms with Crippen LogP contribution in [0.2, 0.25) is 0 Å². The van der Waals surface area contributed by atoms with Gasteiger partial charge in [-0.3, -0.25) is 4.90 Å². The molecule has 3 rings (SSSR count). The van der Waals surface area contributed by atoms with E-state index in [9.17, 15) is 9.90 Å². The molecule has 0 aliphatic carbocycles. The second-order valence-corrected chi connectivity index (χ2v) is 7.01. The third-order valence-electron chi connectivity index (χ3n) is 4.06. The van der Waals surface area contributed by atoms with Gasteiger partial charge in [-0.2, -0.15) is 0 Å². The van der Waals surface area contributed by atoms with Gasteiger partial charge in [-0.05, 0) is 52.8 Å². The number of benzene rings is 2. The lowest BCUT2D eigenvalue weighted by atomic mass is 10.2. The van der Waals surface area contributed by atoms with Crippen LogP contribution in [0.15, 0.2) is 60.8 Å². The number of carbonyl (C=O) groups is 1. The average molecular weight is 447 g/mol. The maximum atomic E-state index is 11.7. The van der Waals surface area contributed by atoms with Crippen molar-refractivity contribution in [3.63, 3.8) is 0 Å². The van der Waals surface area contributed by atoms with Crippen molar-refractivity contribution in [3.8, 4) is 11.3 Å². The number of halogens is 1. The second-order valence-electron chi connectivity index (χ2n) is 5.76. The molecular weight excluding hydrogens is 429 g/mol. The fourth-order valence-corrected chi connectivity index (χ4v) is 2.98. The number of aromatic nitrogens is 2. The van der Waals surface area contributed by atoms with Crippen molar-refractivity contribution >= 4 is 28.7 Å². The van der Waals surface area contributed by atoms with E-state index >= 15 is 0 Å². The van der Waals surface area contributed by atoms with Gasteiger partial charge in [-0.1, -0.05) is 42.5 Å². The molecule has 25 heavy (non-hydrogen) atoms. The van der Waals surface area contributed by atoms with Crippen LogP contribution >= 0.6 is 22.6 Å². The summed E-state index contributed by atoms with van der Waals surface area (Å²) in [6.45, 7) is 2.16. The molecular formula is C19H18IN3O2. The number of H-pyrrole nitrogens is 1. The van der Waals surface area contributed by atoms with Gasteiger partial charge >= 0.3 is 6.09 Å². The summed E-state index contributed by atoms with van der Waals surface area (Å²) in [5.74, 6) is 0.631. The van der Waals surface area contributed by atoms with E-state index in [1.807, 2.05) is 61.5 Å². The second kappa shape index (κ2) is 7.69. The summed E-state index contributed by atoms with van der Waals surface area (Å²) < 4.78 is 1.16. The minimum atomic E-state index is -0.969. The fraction of sp³-hybridized carbons (Fsp3) is 0.158. The monoisotopic (exact) mass is 447 g/mol. The van der Waals surface area contributed by atoms with E-state index in [0.717, 1.165) is 20.4 Å². The molecule has 0 saturated heterocycles. The largest absolute Gasteiger partial charge is 0.465 e. The molecule has 0 saturated carbocycles. The number of nitrogens with one attached hydrogen (secondary N) is 1. The van der Waals surface area contributed by atoms with Crippen molar-refractivity contribution in [1.82, 2.24) is 14.9 Å². The molecule has 3 aromatic rings. The summed E-state index contributed by atoms with van der Waals surface area (Å²) in [5.41, 5.74) is 2.85. The van der Waals surface area contributed by atoms with Crippen LogP contribution in [-0.4, -0.2) is 26.1 Å². The SMILES string of the molecule is C[C@H](c1ncc(-c2ccc(I)cc2)[nH]1)N(Cc1ccccc1)C(=O)O. The third kappa shape index (κ3) is 4.19. The summed E-state index contributed by atoms with van der Waals surface area (Å²) in [6, 6.07) is 17.3. The highest BCUT2D eigenvalue weighted by Gasteiger charge is 2.23. The Morgan fingerprint density at radius 3 is 2.52 bits per heavy atom. The summed E-state index contributed by atoms with van der Waals surface area (Å²) in [4.78, 5) is 20.7. The van der Waals surface area contributed by atoms with Gasteiger partial charge in [0.05, 0.1) is 17.9 Å². The molecule has 0 unspecified atom stereocenters. The van der Waals surface area contributed by atoms with E-state index in [0.29, 0.717) is 12.4 Å². The van der Waals surface area contributed by atoms with Crippen LogP contribution < -0.4 is 0 Å². The van der Waals surface area contributed by atoms with Crippen LogP contribution in [0, 0.1) is 3.57 Å². The van der Waals surface area contributed by atoms with E-state index in [1.165, 1.54) is 4.90 Å². The molecule has 2 N–H and O–H groups in total. The molecule has 0 bridgehead atoms. The molecule has 0 aliphatic heterocycles. The zero-order valence-electron chi connectivity index (χ0n) is 13.7. The first-order valence-corrected chi connectivity index (χ1v) is 8.97. The summed E-state index contributed by atoms with van der Waals surface area (Å²) in [5, 5.41) is 9.60. The quantitative estimate of drug-likeness (QED) is 0.546. The highest BCUT2D eigenvalue weighted by molar-refractivity contribution is 14.1. The van der Waals surface area contributed by atoms with Gasteiger partial charge in [-0.25, -0.2) is 9.78 Å². The number of carboxylic acid groups (broad SMARTS) is 1. The Bertz CT molecular complexity index is 847. The topological polar surface area (TPSA) is 69.2 Å². The van der Waals surface area contributed by atoms with Crippen molar-refractivity contribution in [2.45, 2.75) is 19.5 Å². The number of hydrogen-bond donors (Lipinski definition) is 2. The predicted octanol–water partition coefficient (Wildman–Crippen LogP) is 4.92. The molecule has 0 aliphatic rings. The Kier molecular flexibility index (Phi) is 5.37. The first-order valence-electron chi connectivity index (χ1n) is 7.89. The number of imidazole rings is 1. The number of rotatable bonds is 5. The first-order chi connectivity index (χ1) is 12.0. The number of nitrogens with zero attached hydrogens (tertiary/aromatic N) is 2. The number of aromatic amines is 1. The zero-order valence-corrected chi connectivity index (χ0v) is 15.8. The van der Waals surface area contributed by atoms with Crippen LogP contribution in [0.4, 0.5) is 4.79 Å². The van der Waals surface area contributed by atoms with Crippen LogP contribution in [0.3, 0.4) is 0 Å². The van der Waals surface area contributed by atoms with Crippen molar-refractivity contribution < 1.29 is 9.90 Å². The van der Waals surface area contributed by atoms with E-state index in [-0.39, 0.29) is 6.04 Å². The minimum absolute atomic E-state index is 0.316. The maximum absolute atomic E-state index is 11.7. The molecule has 5 nitrogen and oxygen atoms in total. The van der Waals surface area contributed by atoms with Crippen molar-refractivity contribution in [1.29, 1.82) is 0 Å².